The van der Waals surface area contributed by atoms with Crippen molar-refractivity contribution >= 4 is 17.1 Å². The van der Waals surface area contributed by atoms with Gasteiger partial charge in [0.25, 0.3) is 0 Å². The van der Waals surface area contributed by atoms with E-state index in [4.69, 9.17) is 31.4 Å². The molecule has 0 saturated heterocycles. The number of nitrogens with two attached hydrogens (primary N) is 3. The summed E-state index contributed by atoms with van der Waals surface area (Å²) in [6, 6.07) is 46.2. The first-order chi connectivity index (χ1) is 21.4. The summed E-state index contributed by atoms with van der Waals surface area (Å²) in [4.78, 5) is 0. The second-order valence-electron chi connectivity index (χ2n) is 10.6. The minimum absolute atomic E-state index is 0.665. The van der Waals surface area contributed by atoms with E-state index in [1.165, 1.54) is 0 Å². The SMILES string of the molecule is CC(c1ccccc1Oc1ccc(N)cc1)(c1ccccc1Oc1ccc(N)cc1)c1ccccc1Oc1ccc(N)cc1. The van der Waals surface area contributed by atoms with E-state index in [0.29, 0.717) is 51.6 Å². The highest BCUT2D eigenvalue weighted by Crippen LogP contribution is 2.50. The molecule has 0 spiro atoms. The lowest BCUT2D eigenvalue weighted by molar-refractivity contribution is 0.439. The first-order valence-electron chi connectivity index (χ1n) is 14.3. The quantitative estimate of drug-likeness (QED) is 0.116. The maximum absolute atomic E-state index is 6.53. The second kappa shape index (κ2) is 12.2. The molecule has 6 nitrogen and oxygen atoms in total. The molecule has 0 aliphatic carbocycles. The molecular weight excluding hydrogens is 546 g/mol. The van der Waals surface area contributed by atoms with Crippen molar-refractivity contribution in [1.29, 1.82) is 0 Å². The van der Waals surface area contributed by atoms with Crippen LogP contribution in [-0.4, -0.2) is 0 Å². The van der Waals surface area contributed by atoms with E-state index < -0.39 is 5.41 Å². The van der Waals surface area contributed by atoms with Crippen LogP contribution in [0.3, 0.4) is 0 Å². The topological polar surface area (TPSA) is 106 Å². The monoisotopic (exact) mass is 579 g/mol. The van der Waals surface area contributed by atoms with Gasteiger partial charge in [0.15, 0.2) is 0 Å². The fourth-order valence-corrected chi connectivity index (χ4v) is 5.33. The summed E-state index contributed by atoms with van der Waals surface area (Å²) in [5, 5.41) is 0. The molecule has 0 bridgehead atoms. The van der Waals surface area contributed by atoms with Gasteiger partial charge in [-0.1, -0.05) is 54.6 Å². The number of hydrogen-bond acceptors (Lipinski definition) is 6. The summed E-state index contributed by atoms with van der Waals surface area (Å²) in [5.41, 5.74) is 21.8. The number of anilines is 3. The van der Waals surface area contributed by atoms with Crippen LogP contribution in [0, 0.1) is 0 Å². The molecule has 6 rings (SSSR count). The average molecular weight is 580 g/mol. The molecule has 0 saturated carbocycles. The van der Waals surface area contributed by atoms with Gasteiger partial charge in [0.1, 0.15) is 34.5 Å². The van der Waals surface area contributed by atoms with E-state index in [2.05, 4.69) is 25.1 Å². The zero-order valence-electron chi connectivity index (χ0n) is 24.3. The molecule has 6 heteroatoms. The summed E-state index contributed by atoms with van der Waals surface area (Å²) in [6.07, 6.45) is 0. The van der Waals surface area contributed by atoms with Gasteiger partial charge in [0.05, 0.1) is 5.41 Å². The Morgan fingerprint density at radius 2 is 0.614 bits per heavy atom. The van der Waals surface area contributed by atoms with Gasteiger partial charge in [-0.05, 0) is 97.9 Å². The van der Waals surface area contributed by atoms with Crippen LogP contribution < -0.4 is 31.4 Å². The third-order valence-corrected chi connectivity index (χ3v) is 7.60. The van der Waals surface area contributed by atoms with E-state index in [1.807, 2.05) is 127 Å². The summed E-state index contributed by atoms with van der Waals surface area (Å²) in [6.45, 7) is 2.16. The molecule has 0 aliphatic rings. The zero-order valence-corrected chi connectivity index (χ0v) is 24.3. The van der Waals surface area contributed by atoms with Gasteiger partial charge < -0.3 is 31.4 Å². The molecule has 6 aromatic rings. The van der Waals surface area contributed by atoms with Crippen LogP contribution in [-0.2, 0) is 5.41 Å². The Hall–Kier alpha value is -5.88. The van der Waals surface area contributed by atoms with E-state index in [1.54, 1.807) is 0 Å². The fraction of sp³-hybridized carbons (Fsp3) is 0.0526. The number of ether oxygens (including phenoxy) is 3. The minimum atomic E-state index is -0.820. The molecule has 0 atom stereocenters. The van der Waals surface area contributed by atoms with Crippen LogP contribution in [0.15, 0.2) is 146 Å². The van der Waals surface area contributed by atoms with Gasteiger partial charge >= 0.3 is 0 Å². The lowest BCUT2D eigenvalue weighted by atomic mass is 9.70. The van der Waals surface area contributed by atoms with E-state index in [9.17, 15) is 0 Å². The van der Waals surface area contributed by atoms with Crippen molar-refractivity contribution < 1.29 is 14.2 Å². The number of rotatable bonds is 9. The van der Waals surface area contributed by atoms with Crippen molar-refractivity contribution in [2.45, 2.75) is 12.3 Å². The van der Waals surface area contributed by atoms with Crippen molar-refractivity contribution in [3.63, 3.8) is 0 Å². The highest BCUT2D eigenvalue weighted by Gasteiger charge is 2.39. The largest absolute Gasteiger partial charge is 0.457 e. The van der Waals surface area contributed by atoms with Gasteiger partial charge in [-0.25, -0.2) is 0 Å². The van der Waals surface area contributed by atoms with Gasteiger partial charge in [-0.15, -0.1) is 0 Å². The molecule has 0 fully saturated rings. The summed E-state index contributed by atoms with van der Waals surface area (Å²) < 4.78 is 19.6. The summed E-state index contributed by atoms with van der Waals surface area (Å²) in [7, 11) is 0. The van der Waals surface area contributed by atoms with Crippen LogP contribution in [0.1, 0.15) is 23.6 Å². The Balaban J connectivity index is 1.55. The predicted molar refractivity (Wildman–Crippen MR) is 178 cm³/mol. The maximum atomic E-state index is 6.53. The molecular formula is C38H33N3O3. The Bertz CT molecular complexity index is 1650. The molecule has 218 valence electrons. The third kappa shape index (κ3) is 5.87. The minimum Gasteiger partial charge on any atom is -0.457 e. The smallest absolute Gasteiger partial charge is 0.131 e. The maximum Gasteiger partial charge on any atom is 0.131 e. The summed E-state index contributed by atoms with van der Waals surface area (Å²) in [5.74, 6) is 4.07. The first-order valence-corrected chi connectivity index (χ1v) is 14.3. The Morgan fingerprint density at radius 1 is 0.364 bits per heavy atom. The Labute approximate surface area is 257 Å². The normalized spacial score (nSPS) is 11.1. The molecule has 0 heterocycles. The molecule has 0 unspecified atom stereocenters. The number of para-hydroxylation sites is 3. The molecule has 44 heavy (non-hydrogen) atoms. The molecule has 0 radical (unpaired) electrons. The van der Waals surface area contributed by atoms with Crippen LogP contribution >= 0.6 is 0 Å². The molecule has 6 N–H and O–H groups in total. The Morgan fingerprint density at radius 3 is 0.886 bits per heavy atom. The first kappa shape index (κ1) is 28.2. The Kier molecular flexibility index (Phi) is 7.80. The van der Waals surface area contributed by atoms with Crippen molar-refractivity contribution in [3.8, 4) is 34.5 Å². The molecule has 6 aromatic carbocycles. The van der Waals surface area contributed by atoms with E-state index in [0.717, 1.165) is 16.7 Å². The van der Waals surface area contributed by atoms with Crippen LogP contribution in [0.4, 0.5) is 17.1 Å². The predicted octanol–water partition coefficient (Wildman–Crippen LogP) is 9.16. The van der Waals surface area contributed by atoms with Crippen LogP contribution in [0.2, 0.25) is 0 Å². The van der Waals surface area contributed by atoms with Gasteiger partial charge in [0.2, 0.25) is 0 Å². The van der Waals surface area contributed by atoms with Crippen molar-refractivity contribution in [1.82, 2.24) is 0 Å². The van der Waals surface area contributed by atoms with Crippen molar-refractivity contribution in [2.24, 2.45) is 0 Å². The molecule has 0 amide bonds. The van der Waals surface area contributed by atoms with Crippen LogP contribution in [0.5, 0.6) is 34.5 Å². The zero-order chi connectivity index (χ0) is 30.5. The van der Waals surface area contributed by atoms with Gasteiger partial charge in [0, 0.05) is 33.8 Å². The summed E-state index contributed by atoms with van der Waals surface area (Å²) >= 11 is 0. The fourth-order valence-electron chi connectivity index (χ4n) is 5.33. The second-order valence-corrected chi connectivity index (χ2v) is 10.6. The lowest BCUT2D eigenvalue weighted by Crippen LogP contribution is -2.27. The number of benzene rings is 6. The van der Waals surface area contributed by atoms with Crippen molar-refractivity contribution in [3.05, 3.63) is 162 Å². The van der Waals surface area contributed by atoms with Crippen LogP contribution in [0.25, 0.3) is 0 Å². The average Bonchev–Trinajstić information content (AvgIpc) is 3.05. The number of hydrogen-bond donors (Lipinski definition) is 3. The van der Waals surface area contributed by atoms with E-state index >= 15 is 0 Å². The van der Waals surface area contributed by atoms with Gasteiger partial charge in [-0.3, -0.25) is 0 Å². The molecule has 0 aromatic heterocycles. The third-order valence-electron chi connectivity index (χ3n) is 7.60. The standard InChI is InChI=1S/C38H33N3O3/c1-38(32-8-2-5-11-35(32)42-29-20-14-26(39)15-21-29,33-9-3-6-12-36(33)43-30-22-16-27(40)17-23-30)34-10-4-7-13-37(34)44-31-24-18-28(41)19-25-31/h2-25H,39-41H2,1H3. The lowest BCUT2D eigenvalue weighted by Gasteiger charge is -2.35. The van der Waals surface area contributed by atoms with E-state index in [-0.39, 0.29) is 0 Å². The number of nitrogen functional groups attached to an aromatic ring is 3. The highest BCUT2D eigenvalue weighted by molar-refractivity contribution is 5.63. The highest BCUT2D eigenvalue weighted by atomic mass is 16.5. The molecule has 0 aliphatic heterocycles. The van der Waals surface area contributed by atoms with Gasteiger partial charge in [-0.2, -0.15) is 0 Å². The van der Waals surface area contributed by atoms with Crippen molar-refractivity contribution in [2.75, 3.05) is 17.2 Å².